The van der Waals surface area contributed by atoms with E-state index in [9.17, 15) is 0 Å². The molecule has 2 nitrogen and oxygen atoms in total. The maximum atomic E-state index is 4.83. The van der Waals surface area contributed by atoms with Crippen molar-refractivity contribution in [2.75, 3.05) is 0 Å². The van der Waals surface area contributed by atoms with Crippen molar-refractivity contribution in [1.82, 2.24) is 4.98 Å². The first-order chi connectivity index (χ1) is 4.23. The average molecular weight is 239 g/mol. The molecule has 0 atom stereocenters. The van der Waals surface area contributed by atoms with E-state index < -0.39 is 11.2 Å². The van der Waals surface area contributed by atoms with E-state index in [0.717, 1.165) is 0 Å². The molecule has 0 aromatic carbocycles. The molecule has 0 amide bonds. The van der Waals surface area contributed by atoms with Crippen LogP contribution in [0.25, 0.3) is 0 Å². The summed E-state index contributed by atoms with van der Waals surface area (Å²) < 4.78 is 0. The minimum atomic E-state index is -0.896. The molecular formula is C3H5Cl3CuN2. The molecule has 1 rings (SSSR count). The summed E-state index contributed by atoms with van der Waals surface area (Å²) in [5, 5.41) is 0. The molecule has 1 heterocycles. The first kappa shape index (κ1) is 9.60. The predicted octanol–water partition coefficient (Wildman–Crippen LogP) is 1.89. The number of rotatable bonds is 0. The number of H-pyrrole nitrogens is 2. The van der Waals surface area contributed by atoms with Crippen LogP contribution in [-0.2, 0) is 11.2 Å². The van der Waals surface area contributed by atoms with Crippen LogP contribution in [-0.4, -0.2) is 4.98 Å². The minimum absolute atomic E-state index is 0.896. The van der Waals surface area contributed by atoms with E-state index >= 15 is 0 Å². The zero-order chi connectivity index (χ0) is 7.11. The molecule has 0 aliphatic rings. The summed E-state index contributed by atoms with van der Waals surface area (Å²) in [5.74, 6) is 0. The van der Waals surface area contributed by atoms with E-state index in [1.54, 1.807) is 6.33 Å². The number of aromatic nitrogens is 2. The van der Waals surface area contributed by atoms with Gasteiger partial charge in [0.2, 0.25) is 6.33 Å². The Morgan fingerprint density at radius 1 is 1.33 bits per heavy atom. The third-order valence-corrected chi connectivity index (χ3v) is 0.442. The van der Waals surface area contributed by atoms with Gasteiger partial charge in [0.05, 0.1) is 0 Å². The Bertz CT molecular complexity index is 101. The van der Waals surface area contributed by atoms with Gasteiger partial charge in [0, 0.05) is 0 Å². The molecule has 9 heavy (non-hydrogen) atoms. The Morgan fingerprint density at radius 2 is 1.89 bits per heavy atom. The van der Waals surface area contributed by atoms with E-state index in [1.165, 1.54) is 0 Å². The fraction of sp³-hybridized carbons (Fsp3) is 0. The summed E-state index contributed by atoms with van der Waals surface area (Å²) in [4.78, 5) is 5.61. The number of aromatic amines is 2. The van der Waals surface area contributed by atoms with Gasteiger partial charge in [0.1, 0.15) is 12.4 Å². The molecule has 0 bridgehead atoms. The molecule has 0 spiro atoms. The first-order valence-corrected chi connectivity index (χ1v) is 5.72. The van der Waals surface area contributed by atoms with Gasteiger partial charge in [-0.2, -0.15) is 0 Å². The minimum Gasteiger partial charge on any atom is -0.250 e. The quantitative estimate of drug-likeness (QED) is 0.670. The molecule has 1 aromatic heterocycles. The van der Waals surface area contributed by atoms with Crippen LogP contribution in [0.2, 0.25) is 0 Å². The number of hydrogen-bond acceptors (Lipinski definition) is 0. The molecule has 59 valence electrons. The molecule has 0 fully saturated rings. The molecular weight excluding hydrogens is 234 g/mol. The fourth-order valence-corrected chi connectivity index (χ4v) is 0.241. The van der Waals surface area contributed by atoms with Crippen LogP contribution in [0.1, 0.15) is 0 Å². The normalized spacial score (nSPS) is 9.44. The Morgan fingerprint density at radius 3 is 2.00 bits per heavy atom. The van der Waals surface area contributed by atoms with E-state index in [-0.39, 0.29) is 0 Å². The molecule has 1 aromatic rings. The maximum Gasteiger partial charge on any atom is 0.239 e. The molecule has 6 heteroatoms. The summed E-state index contributed by atoms with van der Waals surface area (Å²) in [6.07, 6.45) is 5.39. The van der Waals surface area contributed by atoms with Gasteiger partial charge in [0.15, 0.2) is 0 Å². The first-order valence-electron chi connectivity index (χ1n) is 1.83. The second-order valence-electron chi connectivity index (χ2n) is 0.940. The van der Waals surface area contributed by atoms with Crippen LogP contribution < -0.4 is 4.98 Å². The van der Waals surface area contributed by atoms with Crippen LogP contribution in [0.4, 0.5) is 0 Å². The Hall–Kier alpha value is 0.599. The summed E-state index contributed by atoms with van der Waals surface area (Å²) >= 11 is -0.896. The number of nitrogens with one attached hydrogen (secondary N) is 2. The standard InChI is InChI=1S/C3H4N2.3ClH.Cu/c1-2-5-3-4-1;;;;/h1-3H,(H,4,5);3*1H;/q;;;;+2/p-2. The van der Waals surface area contributed by atoms with Gasteiger partial charge >= 0.3 is 41.5 Å². The van der Waals surface area contributed by atoms with Crippen LogP contribution in [0.3, 0.4) is 0 Å². The average Bonchev–Trinajstić information content (AvgIpc) is 2.11. The van der Waals surface area contributed by atoms with Gasteiger partial charge in [0.25, 0.3) is 0 Å². The number of hydrogen-bond donors (Lipinski definition) is 1. The summed E-state index contributed by atoms with van der Waals surface area (Å²) in [5.41, 5.74) is 0. The van der Waals surface area contributed by atoms with Gasteiger partial charge in [-0.15, -0.1) is 0 Å². The second-order valence-corrected chi connectivity index (χ2v) is 5.61. The maximum absolute atomic E-state index is 4.83. The smallest absolute Gasteiger partial charge is 0.239 e. The van der Waals surface area contributed by atoms with Crippen LogP contribution in [0.5, 0.6) is 0 Å². The van der Waals surface area contributed by atoms with Gasteiger partial charge in [-0.3, -0.25) is 9.97 Å². The van der Waals surface area contributed by atoms with Crippen LogP contribution in [0, 0.1) is 0 Å². The molecule has 0 aliphatic carbocycles. The summed E-state index contributed by atoms with van der Waals surface area (Å²) in [6, 6.07) is 0. The second kappa shape index (κ2) is 6.72. The van der Waals surface area contributed by atoms with Crippen molar-refractivity contribution >= 4 is 30.3 Å². The Balaban J connectivity index is 0.000000148. The Labute approximate surface area is 70.1 Å². The SMILES string of the molecule is [Cl][Cu-]([Cl])[Cl].c1c[nH+]c[nH]1. The number of imidazole rings is 1. The number of halogens is 3. The fourth-order valence-electron chi connectivity index (χ4n) is 0.241. The van der Waals surface area contributed by atoms with Gasteiger partial charge in [-0.25, -0.2) is 0 Å². The largest absolute Gasteiger partial charge is 0.250 e. The van der Waals surface area contributed by atoms with Crippen LogP contribution in [0.15, 0.2) is 18.7 Å². The molecule has 0 saturated carbocycles. The van der Waals surface area contributed by atoms with Gasteiger partial charge in [-0.05, 0) is 0 Å². The van der Waals surface area contributed by atoms with E-state index in [4.69, 9.17) is 30.3 Å². The van der Waals surface area contributed by atoms with Crippen LogP contribution >= 0.6 is 30.3 Å². The summed E-state index contributed by atoms with van der Waals surface area (Å²) in [7, 11) is 14.5. The Kier molecular flexibility index (Phi) is 7.16. The molecule has 0 saturated heterocycles. The zero-order valence-corrected chi connectivity index (χ0v) is 7.38. The van der Waals surface area contributed by atoms with Crippen molar-refractivity contribution in [3.8, 4) is 0 Å². The van der Waals surface area contributed by atoms with E-state index in [2.05, 4.69) is 9.97 Å². The third-order valence-electron chi connectivity index (χ3n) is 0.442. The van der Waals surface area contributed by atoms with Gasteiger partial charge in [-0.1, -0.05) is 0 Å². The molecule has 0 unspecified atom stereocenters. The molecule has 0 radical (unpaired) electrons. The van der Waals surface area contributed by atoms with Gasteiger partial charge < -0.3 is 0 Å². The summed E-state index contributed by atoms with van der Waals surface area (Å²) in [6.45, 7) is 0. The third kappa shape index (κ3) is 11.9. The predicted molar refractivity (Wildman–Crippen MR) is 34.9 cm³/mol. The molecule has 2 N–H and O–H groups in total. The van der Waals surface area contributed by atoms with E-state index in [0.29, 0.717) is 0 Å². The van der Waals surface area contributed by atoms with Crippen molar-refractivity contribution in [2.45, 2.75) is 0 Å². The molecule has 0 aliphatic heterocycles. The van der Waals surface area contributed by atoms with Crippen molar-refractivity contribution < 1.29 is 16.1 Å². The van der Waals surface area contributed by atoms with E-state index in [1.807, 2.05) is 12.4 Å². The van der Waals surface area contributed by atoms with Crippen molar-refractivity contribution in [3.63, 3.8) is 0 Å². The zero-order valence-electron chi connectivity index (χ0n) is 4.17. The van der Waals surface area contributed by atoms with Crippen molar-refractivity contribution in [3.05, 3.63) is 18.7 Å². The monoisotopic (exact) mass is 237 g/mol. The van der Waals surface area contributed by atoms with Crippen molar-refractivity contribution in [2.24, 2.45) is 0 Å². The van der Waals surface area contributed by atoms with Crippen molar-refractivity contribution in [1.29, 1.82) is 0 Å². The topological polar surface area (TPSA) is 29.9 Å².